The fraction of sp³-hybridized carbons (Fsp3) is 0.600. The molecular weight excluding hydrogens is 386 g/mol. The molecule has 1 heterocycles. The van der Waals surface area contributed by atoms with E-state index in [4.69, 9.17) is 0 Å². The number of nitrogens with one attached hydrogen (secondary N) is 3. The molecule has 1 saturated heterocycles. The molecular formula is C15H26ClN3O4S2. The molecule has 3 N–H and O–H groups in total. The van der Waals surface area contributed by atoms with E-state index >= 15 is 0 Å². The predicted octanol–water partition coefficient (Wildman–Crippen LogP) is 1.07. The van der Waals surface area contributed by atoms with Gasteiger partial charge in [0, 0.05) is 12.6 Å². The first kappa shape index (κ1) is 22.3. The highest BCUT2D eigenvalue weighted by Crippen LogP contribution is 2.29. The third-order valence-corrected chi connectivity index (χ3v) is 7.39. The van der Waals surface area contributed by atoms with Gasteiger partial charge in [-0.25, -0.2) is 26.3 Å². The third-order valence-electron chi connectivity index (χ3n) is 4.52. The fourth-order valence-electron chi connectivity index (χ4n) is 2.81. The molecule has 0 aromatic heterocycles. The lowest BCUT2D eigenvalue weighted by molar-refractivity contribution is 0.181. The molecule has 1 aromatic carbocycles. The van der Waals surface area contributed by atoms with Crippen LogP contribution >= 0.6 is 12.4 Å². The van der Waals surface area contributed by atoms with E-state index in [1.54, 1.807) is 0 Å². The Bertz CT molecular complexity index is 777. The zero-order chi connectivity index (χ0) is 18.0. The summed E-state index contributed by atoms with van der Waals surface area (Å²) >= 11 is 0. The van der Waals surface area contributed by atoms with Crippen LogP contribution in [-0.2, 0) is 20.0 Å². The van der Waals surface area contributed by atoms with Crippen LogP contribution in [0.4, 0.5) is 0 Å². The number of hydrogen-bond acceptors (Lipinski definition) is 5. The van der Waals surface area contributed by atoms with Gasteiger partial charge in [0.15, 0.2) is 0 Å². The van der Waals surface area contributed by atoms with Crippen molar-refractivity contribution in [1.29, 1.82) is 0 Å². The van der Waals surface area contributed by atoms with Crippen LogP contribution in [0.1, 0.15) is 26.7 Å². The zero-order valence-electron chi connectivity index (χ0n) is 14.6. The number of halogens is 1. The fourth-order valence-corrected chi connectivity index (χ4v) is 4.59. The van der Waals surface area contributed by atoms with Crippen molar-refractivity contribution in [3.63, 3.8) is 0 Å². The Hall–Kier alpha value is -0.710. The van der Waals surface area contributed by atoms with Gasteiger partial charge in [-0.05, 0) is 56.1 Å². The van der Waals surface area contributed by atoms with Gasteiger partial charge in [0.25, 0.3) is 0 Å². The lowest BCUT2D eigenvalue weighted by Gasteiger charge is -2.39. The monoisotopic (exact) mass is 411 g/mol. The van der Waals surface area contributed by atoms with Gasteiger partial charge in [0.1, 0.15) is 0 Å². The molecule has 0 amide bonds. The Balaban J connectivity index is 0.00000312. The summed E-state index contributed by atoms with van der Waals surface area (Å²) < 4.78 is 53.0. The molecule has 1 atom stereocenters. The van der Waals surface area contributed by atoms with Gasteiger partial charge in [-0.3, -0.25) is 0 Å². The summed E-state index contributed by atoms with van der Waals surface area (Å²) in [6.07, 6.45) is 2.13. The Morgan fingerprint density at radius 2 is 1.60 bits per heavy atom. The van der Waals surface area contributed by atoms with Crippen LogP contribution in [-0.4, -0.2) is 43.0 Å². The first-order chi connectivity index (χ1) is 11.1. The second-order valence-electron chi connectivity index (χ2n) is 6.63. The third kappa shape index (κ3) is 5.38. The van der Waals surface area contributed by atoms with E-state index in [1.165, 1.54) is 31.3 Å². The summed E-state index contributed by atoms with van der Waals surface area (Å²) in [4.78, 5) is 0.0743. The van der Waals surface area contributed by atoms with Crippen molar-refractivity contribution in [2.24, 2.45) is 5.41 Å². The second kappa shape index (κ2) is 8.32. The summed E-state index contributed by atoms with van der Waals surface area (Å²) in [5.41, 5.74) is 0.0193. The normalized spacial score (nSPS) is 20.7. The molecule has 2 rings (SSSR count). The van der Waals surface area contributed by atoms with E-state index < -0.39 is 20.0 Å². The van der Waals surface area contributed by atoms with Gasteiger partial charge in [0.05, 0.1) is 9.79 Å². The molecule has 25 heavy (non-hydrogen) atoms. The molecule has 0 radical (unpaired) electrons. The first-order valence-electron chi connectivity index (χ1n) is 7.85. The lowest BCUT2D eigenvalue weighted by Crippen LogP contribution is -2.52. The molecule has 10 heteroatoms. The Labute approximate surface area is 156 Å². The van der Waals surface area contributed by atoms with Crippen LogP contribution < -0.4 is 14.8 Å². The highest BCUT2D eigenvalue weighted by Gasteiger charge is 2.32. The highest BCUT2D eigenvalue weighted by molar-refractivity contribution is 7.90. The van der Waals surface area contributed by atoms with Crippen LogP contribution in [0.3, 0.4) is 0 Å². The van der Waals surface area contributed by atoms with Crippen molar-refractivity contribution in [1.82, 2.24) is 14.8 Å². The second-order valence-corrected chi connectivity index (χ2v) is 10.3. The molecule has 1 aliphatic heterocycles. The van der Waals surface area contributed by atoms with E-state index in [0.717, 1.165) is 19.4 Å². The van der Waals surface area contributed by atoms with Gasteiger partial charge in [-0.2, -0.15) is 0 Å². The summed E-state index contributed by atoms with van der Waals surface area (Å²) in [5.74, 6) is 0. The Kier molecular flexibility index (Phi) is 7.43. The van der Waals surface area contributed by atoms with Gasteiger partial charge in [-0.1, -0.05) is 13.8 Å². The Morgan fingerprint density at radius 3 is 2.08 bits per heavy atom. The molecule has 1 fully saturated rings. The van der Waals surface area contributed by atoms with Crippen LogP contribution in [0, 0.1) is 5.41 Å². The summed E-state index contributed by atoms with van der Waals surface area (Å²) in [6, 6.07) is 5.22. The molecule has 0 bridgehead atoms. The molecule has 1 aromatic rings. The van der Waals surface area contributed by atoms with Crippen molar-refractivity contribution < 1.29 is 16.8 Å². The van der Waals surface area contributed by atoms with Crippen LogP contribution in [0.5, 0.6) is 0 Å². The average Bonchev–Trinajstić information content (AvgIpc) is 2.53. The topological polar surface area (TPSA) is 104 Å². The van der Waals surface area contributed by atoms with Gasteiger partial charge >= 0.3 is 0 Å². The summed E-state index contributed by atoms with van der Waals surface area (Å²) in [7, 11) is -5.96. The minimum absolute atomic E-state index is 0. The van der Waals surface area contributed by atoms with E-state index in [0.29, 0.717) is 6.54 Å². The van der Waals surface area contributed by atoms with E-state index in [-0.39, 0.29) is 33.7 Å². The maximum atomic E-state index is 12.4. The number of sulfonamides is 2. The molecule has 0 aliphatic carbocycles. The quantitative estimate of drug-likeness (QED) is 0.649. The minimum atomic E-state index is -3.68. The predicted molar refractivity (Wildman–Crippen MR) is 99.9 cm³/mol. The minimum Gasteiger partial charge on any atom is -0.312 e. The molecule has 0 spiro atoms. The number of benzene rings is 1. The Morgan fingerprint density at radius 1 is 1.08 bits per heavy atom. The zero-order valence-corrected chi connectivity index (χ0v) is 17.0. The first-order valence-corrected chi connectivity index (χ1v) is 10.8. The largest absolute Gasteiger partial charge is 0.312 e. The molecule has 1 unspecified atom stereocenters. The standard InChI is InChI=1S/C15H25N3O4S2.ClH/c1-15(2)9-4-10-17-14(15)11-18-24(21,22)13-7-5-12(6-8-13)23(19,20)16-3;/h5-8,14,16-18H,4,9-11H2,1-3H3;1H. The van der Waals surface area contributed by atoms with Crippen molar-refractivity contribution >= 4 is 32.5 Å². The number of piperidine rings is 1. The molecule has 144 valence electrons. The molecule has 7 nitrogen and oxygen atoms in total. The van der Waals surface area contributed by atoms with E-state index in [1.807, 2.05) is 0 Å². The van der Waals surface area contributed by atoms with Gasteiger partial charge in [-0.15, -0.1) is 12.4 Å². The highest BCUT2D eigenvalue weighted by atomic mass is 35.5. The maximum Gasteiger partial charge on any atom is 0.240 e. The van der Waals surface area contributed by atoms with E-state index in [9.17, 15) is 16.8 Å². The van der Waals surface area contributed by atoms with Crippen LogP contribution in [0.25, 0.3) is 0 Å². The number of rotatable bonds is 6. The molecule has 0 saturated carbocycles. The van der Waals surface area contributed by atoms with Crippen molar-refractivity contribution in [2.45, 2.75) is 42.5 Å². The summed E-state index contributed by atoms with van der Waals surface area (Å²) in [5, 5.41) is 3.36. The van der Waals surface area contributed by atoms with Gasteiger partial charge < -0.3 is 5.32 Å². The van der Waals surface area contributed by atoms with Crippen molar-refractivity contribution in [3.8, 4) is 0 Å². The summed E-state index contributed by atoms with van der Waals surface area (Å²) in [6.45, 7) is 5.42. The van der Waals surface area contributed by atoms with E-state index in [2.05, 4.69) is 28.6 Å². The van der Waals surface area contributed by atoms with Crippen molar-refractivity contribution in [2.75, 3.05) is 20.1 Å². The maximum absolute atomic E-state index is 12.4. The SMILES string of the molecule is CNS(=O)(=O)c1ccc(S(=O)(=O)NCC2NCCCC2(C)C)cc1.Cl. The molecule has 1 aliphatic rings. The lowest BCUT2D eigenvalue weighted by atomic mass is 9.78. The van der Waals surface area contributed by atoms with Crippen molar-refractivity contribution in [3.05, 3.63) is 24.3 Å². The smallest absolute Gasteiger partial charge is 0.240 e. The van der Waals surface area contributed by atoms with Gasteiger partial charge in [0.2, 0.25) is 20.0 Å². The van der Waals surface area contributed by atoms with Crippen LogP contribution in [0.2, 0.25) is 0 Å². The van der Waals surface area contributed by atoms with Crippen LogP contribution in [0.15, 0.2) is 34.1 Å². The average molecular weight is 412 g/mol. The number of hydrogen-bond donors (Lipinski definition) is 3.